The smallest absolute Gasteiger partial charge is 0.253 e. The standard InChI is InChI=1S/C7H4Cl3NO2/c8-7(9,10)6(13)4-1-5(3-12)11-2-4/h1-3,11H. The van der Waals surface area contributed by atoms with Crippen LogP contribution in [-0.4, -0.2) is 20.8 Å². The Morgan fingerprint density at radius 1 is 1.46 bits per heavy atom. The lowest BCUT2D eigenvalue weighted by Gasteiger charge is -2.06. The maximum atomic E-state index is 11.3. The molecule has 1 aromatic heterocycles. The van der Waals surface area contributed by atoms with Gasteiger partial charge in [-0.1, -0.05) is 34.8 Å². The van der Waals surface area contributed by atoms with Gasteiger partial charge in [-0.25, -0.2) is 0 Å². The van der Waals surface area contributed by atoms with Crippen molar-refractivity contribution in [2.75, 3.05) is 0 Å². The number of aromatic amines is 1. The molecule has 0 aromatic carbocycles. The molecule has 0 saturated carbocycles. The van der Waals surface area contributed by atoms with E-state index in [0.717, 1.165) is 0 Å². The molecule has 0 unspecified atom stereocenters. The lowest BCUT2D eigenvalue weighted by molar-refractivity contribution is 0.0996. The van der Waals surface area contributed by atoms with Crippen molar-refractivity contribution in [3.8, 4) is 0 Å². The van der Waals surface area contributed by atoms with Crippen molar-refractivity contribution in [1.82, 2.24) is 4.98 Å². The predicted octanol–water partition coefficient (Wildman–Crippen LogP) is 2.38. The van der Waals surface area contributed by atoms with Crippen LogP contribution in [0.2, 0.25) is 0 Å². The van der Waals surface area contributed by atoms with Gasteiger partial charge in [0.15, 0.2) is 6.29 Å². The minimum absolute atomic E-state index is 0.169. The number of aromatic nitrogens is 1. The Morgan fingerprint density at radius 2 is 2.08 bits per heavy atom. The number of hydrogen-bond donors (Lipinski definition) is 1. The minimum atomic E-state index is -1.98. The number of rotatable bonds is 2. The van der Waals surface area contributed by atoms with Crippen molar-refractivity contribution in [2.24, 2.45) is 0 Å². The summed E-state index contributed by atoms with van der Waals surface area (Å²) < 4.78 is -1.98. The molecule has 0 bridgehead atoms. The summed E-state index contributed by atoms with van der Waals surface area (Å²) in [5.74, 6) is -0.665. The predicted molar refractivity (Wildman–Crippen MR) is 50.8 cm³/mol. The largest absolute Gasteiger partial charge is 0.358 e. The van der Waals surface area contributed by atoms with Crippen LogP contribution in [0.25, 0.3) is 0 Å². The molecule has 0 atom stereocenters. The number of halogens is 3. The van der Waals surface area contributed by atoms with Crippen molar-refractivity contribution in [3.63, 3.8) is 0 Å². The van der Waals surface area contributed by atoms with Gasteiger partial charge < -0.3 is 4.98 Å². The van der Waals surface area contributed by atoms with E-state index in [9.17, 15) is 9.59 Å². The van der Waals surface area contributed by atoms with Crippen molar-refractivity contribution < 1.29 is 9.59 Å². The molecular weight excluding hydrogens is 236 g/mol. The molecule has 0 radical (unpaired) electrons. The van der Waals surface area contributed by atoms with Crippen LogP contribution in [0.15, 0.2) is 12.3 Å². The molecule has 1 rings (SSSR count). The van der Waals surface area contributed by atoms with Gasteiger partial charge in [-0.3, -0.25) is 9.59 Å². The Balaban J connectivity index is 2.96. The van der Waals surface area contributed by atoms with E-state index in [1.807, 2.05) is 0 Å². The van der Waals surface area contributed by atoms with Gasteiger partial charge >= 0.3 is 0 Å². The van der Waals surface area contributed by atoms with Crippen LogP contribution in [0, 0.1) is 0 Å². The highest BCUT2D eigenvalue weighted by Crippen LogP contribution is 2.30. The third kappa shape index (κ3) is 2.46. The number of alkyl halides is 3. The SMILES string of the molecule is O=Cc1cc(C(=O)C(Cl)(Cl)Cl)c[nH]1. The molecular formula is C7H4Cl3NO2. The van der Waals surface area contributed by atoms with Gasteiger partial charge in [0.25, 0.3) is 3.79 Å². The van der Waals surface area contributed by atoms with E-state index in [1.165, 1.54) is 12.3 Å². The number of H-pyrrole nitrogens is 1. The van der Waals surface area contributed by atoms with E-state index in [0.29, 0.717) is 6.29 Å². The van der Waals surface area contributed by atoms with Crippen LogP contribution < -0.4 is 0 Å². The fourth-order valence-corrected chi connectivity index (χ4v) is 1.10. The monoisotopic (exact) mass is 239 g/mol. The molecule has 0 amide bonds. The van der Waals surface area contributed by atoms with Crippen molar-refractivity contribution in [1.29, 1.82) is 0 Å². The Kier molecular flexibility index (Phi) is 3.01. The van der Waals surface area contributed by atoms with E-state index in [2.05, 4.69) is 4.98 Å². The van der Waals surface area contributed by atoms with E-state index in [1.54, 1.807) is 0 Å². The van der Waals surface area contributed by atoms with Gasteiger partial charge in [-0.2, -0.15) is 0 Å². The van der Waals surface area contributed by atoms with Gasteiger partial charge in [-0.15, -0.1) is 0 Å². The fourth-order valence-electron chi connectivity index (χ4n) is 0.775. The van der Waals surface area contributed by atoms with E-state index < -0.39 is 9.58 Å². The lowest BCUT2D eigenvalue weighted by atomic mass is 10.2. The summed E-state index contributed by atoms with van der Waals surface area (Å²) in [6.07, 6.45) is 1.88. The summed E-state index contributed by atoms with van der Waals surface area (Å²) in [7, 11) is 0. The number of aldehydes is 1. The van der Waals surface area contributed by atoms with Crippen molar-refractivity contribution in [2.45, 2.75) is 3.79 Å². The highest BCUT2D eigenvalue weighted by atomic mass is 35.6. The van der Waals surface area contributed by atoms with Crippen LogP contribution in [-0.2, 0) is 0 Å². The molecule has 13 heavy (non-hydrogen) atoms. The summed E-state index contributed by atoms with van der Waals surface area (Å²) in [4.78, 5) is 24.1. The minimum Gasteiger partial charge on any atom is -0.358 e. The van der Waals surface area contributed by atoms with Crippen LogP contribution in [0.4, 0.5) is 0 Å². The maximum Gasteiger partial charge on any atom is 0.253 e. The first-order valence-corrected chi connectivity index (χ1v) is 4.33. The number of ketones is 1. The zero-order chi connectivity index (χ0) is 10.1. The molecule has 0 aliphatic heterocycles. The molecule has 0 fully saturated rings. The highest BCUT2D eigenvalue weighted by molar-refractivity contribution is 6.77. The van der Waals surface area contributed by atoms with Crippen molar-refractivity contribution >= 4 is 46.9 Å². The average Bonchev–Trinajstić information content (AvgIpc) is 2.48. The lowest BCUT2D eigenvalue weighted by Crippen LogP contribution is -2.18. The van der Waals surface area contributed by atoms with E-state index in [-0.39, 0.29) is 11.3 Å². The summed E-state index contributed by atoms with van der Waals surface area (Å²) in [5, 5.41) is 0. The number of hydrogen-bond acceptors (Lipinski definition) is 2. The number of carbonyl (C=O) groups is 2. The number of nitrogens with one attached hydrogen (secondary N) is 1. The first-order valence-electron chi connectivity index (χ1n) is 3.20. The van der Waals surface area contributed by atoms with Gasteiger partial charge in [0, 0.05) is 11.8 Å². The maximum absolute atomic E-state index is 11.3. The first-order chi connectivity index (χ1) is 5.95. The molecule has 0 aliphatic carbocycles. The quantitative estimate of drug-likeness (QED) is 0.490. The number of carbonyl (C=O) groups excluding carboxylic acids is 2. The van der Waals surface area contributed by atoms with Gasteiger partial charge in [0.05, 0.1) is 5.69 Å². The second-order valence-electron chi connectivity index (χ2n) is 2.29. The van der Waals surface area contributed by atoms with Crippen LogP contribution >= 0.6 is 34.8 Å². The summed E-state index contributed by atoms with van der Waals surface area (Å²) >= 11 is 16.0. The fraction of sp³-hybridized carbons (Fsp3) is 0.143. The van der Waals surface area contributed by atoms with Gasteiger partial charge in [0.1, 0.15) is 0 Å². The Morgan fingerprint density at radius 3 is 2.46 bits per heavy atom. The zero-order valence-electron chi connectivity index (χ0n) is 6.18. The van der Waals surface area contributed by atoms with Crippen LogP contribution in [0.5, 0.6) is 0 Å². The van der Waals surface area contributed by atoms with Gasteiger partial charge in [0.2, 0.25) is 5.78 Å². The molecule has 0 saturated heterocycles. The number of Topliss-reactive ketones (excluding diaryl/α,β-unsaturated/α-hetero) is 1. The third-order valence-corrected chi connectivity index (χ3v) is 1.87. The summed E-state index contributed by atoms with van der Waals surface area (Å²) in [6.45, 7) is 0. The topological polar surface area (TPSA) is 49.9 Å². The molecule has 6 heteroatoms. The second-order valence-corrected chi connectivity index (χ2v) is 4.57. The molecule has 1 aromatic rings. The summed E-state index contributed by atoms with van der Waals surface area (Å²) in [5.41, 5.74) is 0.430. The van der Waals surface area contributed by atoms with Crippen molar-refractivity contribution in [3.05, 3.63) is 23.5 Å². The molecule has 0 spiro atoms. The van der Waals surface area contributed by atoms with Crippen LogP contribution in [0.3, 0.4) is 0 Å². The molecule has 1 heterocycles. The normalized spacial score (nSPS) is 11.3. The third-order valence-electron chi connectivity index (χ3n) is 1.35. The van der Waals surface area contributed by atoms with E-state index in [4.69, 9.17) is 34.8 Å². The molecule has 1 N–H and O–H groups in total. The summed E-state index contributed by atoms with van der Waals surface area (Å²) in [6, 6.07) is 1.32. The molecule has 0 aliphatic rings. The Bertz CT molecular complexity index is 340. The van der Waals surface area contributed by atoms with E-state index >= 15 is 0 Å². The molecule has 70 valence electrons. The zero-order valence-corrected chi connectivity index (χ0v) is 8.45. The average molecular weight is 240 g/mol. The molecule has 3 nitrogen and oxygen atoms in total. The van der Waals surface area contributed by atoms with Gasteiger partial charge in [-0.05, 0) is 6.07 Å². The Labute approximate surface area is 89.0 Å². The first kappa shape index (κ1) is 10.6. The van der Waals surface area contributed by atoms with Crippen LogP contribution in [0.1, 0.15) is 20.8 Å². The Hall–Kier alpha value is -0.510. The second kappa shape index (κ2) is 3.70. The highest BCUT2D eigenvalue weighted by Gasteiger charge is 2.32.